The second-order valence-corrected chi connectivity index (χ2v) is 4.96. The van der Waals surface area contributed by atoms with Gasteiger partial charge >= 0.3 is 21.1 Å². The molecule has 2 aromatic rings. The molecule has 2 aromatic carbocycles. The molecule has 1 aliphatic heterocycles. The number of rotatable bonds is 3. The maximum Gasteiger partial charge on any atom is 2.00 e. The summed E-state index contributed by atoms with van der Waals surface area (Å²) in [6.07, 6.45) is 7.15. The summed E-state index contributed by atoms with van der Waals surface area (Å²) in [5, 5.41) is 3.25. The molecule has 1 heterocycles. The van der Waals surface area contributed by atoms with Crippen molar-refractivity contribution in [3.8, 4) is 11.1 Å². The SMILES string of the molecule is O=[C-]Cc1ccccc1-c1ccccc1.[CH-]1CCNCC1.[W+2]. The van der Waals surface area contributed by atoms with E-state index < -0.39 is 0 Å². The fourth-order valence-corrected chi connectivity index (χ4v) is 2.33. The van der Waals surface area contributed by atoms with E-state index in [4.69, 9.17) is 0 Å². The van der Waals surface area contributed by atoms with Gasteiger partial charge < -0.3 is 16.5 Å². The molecular weight excluding hydrogens is 442 g/mol. The molecule has 3 heteroatoms. The summed E-state index contributed by atoms with van der Waals surface area (Å²) in [4.78, 5) is 10.4. The van der Waals surface area contributed by atoms with Gasteiger partial charge in [0.15, 0.2) is 0 Å². The zero-order valence-electron chi connectivity index (χ0n) is 12.6. The van der Waals surface area contributed by atoms with Crippen LogP contribution in [0.3, 0.4) is 0 Å². The van der Waals surface area contributed by atoms with Crippen LogP contribution in [0, 0.1) is 6.42 Å². The van der Waals surface area contributed by atoms with Crippen molar-refractivity contribution in [1.82, 2.24) is 5.32 Å². The van der Waals surface area contributed by atoms with Crippen molar-refractivity contribution in [2.45, 2.75) is 19.3 Å². The smallest absolute Gasteiger partial charge is 0.541 e. The fourth-order valence-electron chi connectivity index (χ4n) is 2.33. The molecule has 114 valence electrons. The Morgan fingerprint density at radius 1 is 0.955 bits per heavy atom. The molecule has 0 radical (unpaired) electrons. The number of nitrogens with one attached hydrogen (secondary N) is 1. The van der Waals surface area contributed by atoms with Crippen LogP contribution in [0.5, 0.6) is 0 Å². The van der Waals surface area contributed by atoms with Crippen molar-refractivity contribution in [3.63, 3.8) is 0 Å². The molecule has 0 aliphatic carbocycles. The van der Waals surface area contributed by atoms with E-state index in [-0.39, 0.29) is 21.1 Å². The molecule has 1 fully saturated rings. The predicted octanol–water partition coefficient (Wildman–Crippen LogP) is 3.58. The van der Waals surface area contributed by atoms with Crippen molar-refractivity contribution in [1.29, 1.82) is 0 Å². The molecule has 0 saturated carbocycles. The zero-order valence-corrected chi connectivity index (χ0v) is 15.6. The Labute approximate surface area is 147 Å². The van der Waals surface area contributed by atoms with Crippen LogP contribution in [-0.4, -0.2) is 19.4 Å². The van der Waals surface area contributed by atoms with E-state index >= 15 is 0 Å². The van der Waals surface area contributed by atoms with Crippen LogP contribution >= 0.6 is 0 Å². The molecule has 0 atom stereocenters. The number of benzene rings is 2. The molecule has 1 aliphatic rings. The van der Waals surface area contributed by atoms with Gasteiger partial charge in [-0.1, -0.05) is 60.2 Å². The molecule has 0 unspecified atom stereocenters. The van der Waals surface area contributed by atoms with E-state index in [1.807, 2.05) is 60.9 Å². The predicted molar refractivity (Wildman–Crippen MR) is 87.7 cm³/mol. The topological polar surface area (TPSA) is 29.1 Å². The van der Waals surface area contributed by atoms with Gasteiger partial charge in [0, 0.05) is 0 Å². The Balaban J connectivity index is 0.000000293. The summed E-state index contributed by atoms with van der Waals surface area (Å²) >= 11 is 0. The molecule has 0 spiro atoms. The number of piperidine rings is 1. The first-order chi connectivity index (χ1) is 10.4. The van der Waals surface area contributed by atoms with Gasteiger partial charge in [-0.2, -0.15) is 12.8 Å². The van der Waals surface area contributed by atoms with Gasteiger partial charge in [-0.3, -0.25) is 6.29 Å². The van der Waals surface area contributed by atoms with Gasteiger partial charge in [0.1, 0.15) is 0 Å². The average Bonchev–Trinajstić information content (AvgIpc) is 2.59. The van der Waals surface area contributed by atoms with E-state index in [0.29, 0.717) is 6.42 Å². The van der Waals surface area contributed by atoms with E-state index in [2.05, 4.69) is 11.7 Å². The molecule has 2 nitrogen and oxygen atoms in total. The largest absolute Gasteiger partial charge is 2.00 e. The summed E-state index contributed by atoms with van der Waals surface area (Å²) in [6.45, 7) is 2.39. The molecule has 22 heavy (non-hydrogen) atoms. The number of hydrogen-bond donors (Lipinski definition) is 1. The Morgan fingerprint density at radius 2 is 1.59 bits per heavy atom. The van der Waals surface area contributed by atoms with E-state index in [1.165, 1.54) is 25.9 Å². The maximum absolute atomic E-state index is 10.4. The van der Waals surface area contributed by atoms with E-state index in [1.54, 1.807) is 0 Å². The maximum atomic E-state index is 10.4. The second-order valence-electron chi connectivity index (χ2n) is 4.96. The number of hydrogen-bond acceptors (Lipinski definition) is 2. The van der Waals surface area contributed by atoms with Crippen LogP contribution in [0.15, 0.2) is 54.6 Å². The first kappa shape index (κ1) is 18.8. The number of carbonyl (C=O) groups excluding carboxylic acids is 1. The Kier molecular flexibility index (Phi) is 9.70. The van der Waals surface area contributed by atoms with Crippen molar-refractivity contribution < 1.29 is 25.9 Å². The minimum absolute atomic E-state index is 0. The van der Waals surface area contributed by atoms with Gasteiger partial charge in [-0.05, 0) is 24.2 Å². The molecule has 0 bridgehead atoms. The van der Waals surface area contributed by atoms with Crippen molar-refractivity contribution in [2.24, 2.45) is 0 Å². The second kappa shape index (κ2) is 11.3. The molecule has 1 N–H and O–H groups in total. The molecule has 1 saturated heterocycles. The Morgan fingerprint density at radius 3 is 2.14 bits per heavy atom. The molecular formula is C19H21NOW. The van der Waals surface area contributed by atoms with Gasteiger partial charge in [0.05, 0.1) is 0 Å². The summed E-state index contributed by atoms with van der Waals surface area (Å²) in [5.41, 5.74) is 3.28. The van der Waals surface area contributed by atoms with Gasteiger partial charge in [0.25, 0.3) is 0 Å². The quantitative estimate of drug-likeness (QED) is 0.706. The van der Waals surface area contributed by atoms with Crippen LogP contribution in [0.4, 0.5) is 0 Å². The van der Waals surface area contributed by atoms with Crippen LogP contribution in [-0.2, 0) is 32.3 Å². The standard InChI is InChI=1S/C14H11O.C5H10N.W/c15-11-10-13-8-4-5-9-14(13)12-6-2-1-3-7-12;1-2-4-6-5-3-1;/h1-9H,10H2;1,6H,2-5H2;/q2*-1;+2. The summed E-state index contributed by atoms with van der Waals surface area (Å²) in [6, 6.07) is 18.0. The van der Waals surface area contributed by atoms with E-state index in [0.717, 1.165) is 16.7 Å². The van der Waals surface area contributed by atoms with Crippen LogP contribution in [0.2, 0.25) is 0 Å². The van der Waals surface area contributed by atoms with Gasteiger partial charge in [0.2, 0.25) is 0 Å². The zero-order chi connectivity index (χ0) is 14.8. The molecule has 0 aromatic heterocycles. The van der Waals surface area contributed by atoms with Crippen molar-refractivity contribution >= 4 is 6.29 Å². The normalized spacial score (nSPS) is 13.3. The first-order valence-corrected chi connectivity index (χ1v) is 7.42. The molecule has 0 amide bonds. The van der Waals surface area contributed by atoms with Crippen molar-refractivity contribution in [3.05, 3.63) is 66.6 Å². The third kappa shape index (κ3) is 6.25. The van der Waals surface area contributed by atoms with Crippen molar-refractivity contribution in [2.75, 3.05) is 13.1 Å². The monoisotopic (exact) mass is 463 g/mol. The van der Waals surface area contributed by atoms with Crippen LogP contribution < -0.4 is 5.32 Å². The fraction of sp³-hybridized carbons (Fsp3) is 0.263. The Hall–Kier alpha value is -1.24. The summed E-state index contributed by atoms with van der Waals surface area (Å²) < 4.78 is 0. The van der Waals surface area contributed by atoms with Gasteiger partial charge in [-0.25, -0.2) is 0 Å². The Bertz CT molecular complexity index is 527. The average molecular weight is 463 g/mol. The molecule has 3 rings (SSSR count). The minimum Gasteiger partial charge on any atom is -0.541 e. The van der Waals surface area contributed by atoms with E-state index in [9.17, 15) is 4.79 Å². The summed E-state index contributed by atoms with van der Waals surface area (Å²) in [7, 11) is 0. The first-order valence-electron chi connectivity index (χ1n) is 7.42. The van der Waals surface area contributed by atoms with Crippen LogP contribution in [0.1, 0.15) is 18.4 Å². The van der Waals surface area contributed by atoms with Crippen LogP contribution in [0.25, 0.3) is 11.1 Å². The van der Waals surface area contributed by atoms with Gasteiger partial charge in [-0.15, -0.1) is 6.42 Å². The third-order valence-corrected chi connectivity index (χ3v) is 3.42. The summed E-state index contributed by atoms with van der Waals surface area (Å²) in [5.74, 6) is 0. The minimum atomic E-state index is 0. The third-order valence-electron chi connectivity index (χ3n) is 3.42.